The number of hydrogen-bond acceptors (Lipinski definition) is 5. The van der Waals surface area contributed by atoms with Gasteiger partial charge in [-0.15, -0.1) is 11.3 Å². The van der Waals surface area contributed by atoms with Gasteiger partial charge < -0.3 is 4.57 Å². The zero-order valence-electron chi connectivity index (χ0n) is 26.7. The molecule has 0 spiro atoms. The van der Waals surface area contributed by atoms with Gasteiger partial charge in [-0.25, -0.2) is 19.9 Å². The van der Waals surface area contributed by atoms with Crippen LogP contribution >= 0.6 is 11.3 Å². The Labute approximate surface area is 291 Å². The van der Waals surface area contributed by atoms with Gasteiger partial charge >= 0.3 is 0 Å². The molecule has 0 atom stereocenters. The van der Waals surface area contributed by atoms with Crippen molar-refractivity contribution < 1.29 is 0 Å². The lowest BCUT2D eigenvalue weighted by atomic mass is 10.1. The summed E-state index contributed by atoms with van der Waals surface area (Å²) >= 11 is 1.72. The number of nitrogens with zero attached hydrogens (tertiary/aromatic N) is 5. The fraction of sp³-hybridized carbons (Fsp3) is 0. The lowest BCUT2D eigenvalue weighted by Gasteiger charge is -2.11. The average Bonchev–Trinajstić information content (AvgIpc) is 3.78. The fourth-order valence-corrected chi connectivity index (χ4v) is 7.96. The minimum atomic E-state index is 0.628. The van der Waals surface area contributed by atoms with Crippen molar-refractivity contribution in [3.63, 3.8) is 0 Å². The second kappa shape index (κ2) is 11.6. The number of fused-ring (bicyclic) bond motifs is 6. The van der Waals surface area contributed by atoms with Crippen LogP contribution in [0.5, 0.6) is 0 Å². The summed E-state index contributed by atoms with van der Waals surface area (Å²) in [5.74, 6) is 1.89. The van der Waals surface area contributed by atoms with E-state index in [1.54, 1.807) is 11.3 Å². The summed E-state index contributed by atoms with van der Waals surface area (Å²) in [4.78, 5) is 20.3. The Bertz CT molecular complexity index is 2860. The molecule has 0 aliphatic carbocycles. The molecule has 0 fully saturated rings. The largest absolute Gasteiger partial charge is 0.309 e. The van der Waals surface area contributed by atoms with Gasteiger partial charge in [0.15, 0.2) is 17.5 Å². The molecule has 0 bridgehead atoms. The lowest BCUT2D eigenvalue weighted by molar-refractivity contribution is 1.07. The Hall–Kier alpha value is -6.50. The summed E-state index contributed by atoms with van der Waals surface area (Å²) < 4.78 is 3.47. The molecular formula is C44H27N5S. The van der Waals surface area contributed by atoms with Crippen LogP contribution in [0.4, 0.5) is 0 Å². The number of rotatable bonds is 5. The fourth-order valence-electron chi connectivity index (χ4n) is 6.86. The summed E-state index contributed by atoms with van der Waals surface area (Å²) in [6.45, 7) is 0. The van der Waals surface area contributed by atoms with Crippen LogP contribution in [0.2, 0.25) is 0 Å². The van der Waals surface area contributed by atoms with E-state index >= 15 is 0 Å². The molecule has 7 aromatic carbocycles. The van der Waals surface area contributed by atoms with Crippen LogP contribution in [0, 0.1) is 0 Å². The molecule has 5 nitrogen and oxygen atoms in total. The van der Waals surface area contributed by atoms with E-state index in [1.165, 1.54) is 10.8 Å². The van der Waals surface area contributed by atoms with Gasteiger partial charge in [0, 0.05) is 44.1 Å². The Morgan fingerprint density at radius 1 is 0.400 bits per heavy atom. The first-order valence-electron chi connectivity index (χ1n) is 16.6. The number of thiazole rings is 1. The lowest BCUT2D eigenvalue weighted by Crippen LogP contribution is -2.00. The van der Waals surface area contributed by atoms with Crippen LogP contribution < -0.4 is 0 Å². The topological polar surface area (TPSA) is 56.5 Å². The van der Waals surface area contributed by atoms with Crippen LogP contribution in [0.15, 0.2) is 164 Å². The van der Waals surface area contributed by atoms with E-state index in [0.717, 1.165) is 65.0 Å². The molecule has 50 heavy (non-hydrogen) atoms. The van der Waals surface area contributed by atoms with Gasteiger partial charge in [0.05, 0.1) is 21.3 Å². The SMILES string of the molecule is c1ccc(-c2nc(-c3ccc4ccc5nc(-c6ccccc6)sc5c4c3)nc(-c3ccc4c5ccccc5n(-c5ccccc5)c4c3)n2)cc1. The van der Waals surface area contributed by atoms with Gasteiger partial charge in [0.1, 0.15) is 5.01 Å². The maximum absolute atomic E-state index is 5.16. The van der Waals surface area contributed by atoms with Gasteiger partial charge in [0.25, 0.3) is 0 Å². The van der Waals surface area contributed by atoms with Crippen LogP contribution in [0.1, 0.15) is 0 Å². The summed E-state index contributed by atoms with van der Waals surface area (Å²) in [5.41, 5.74) is 8.28. The Balaban J connectivity index is 1.17. The van der Waals surface area contributed by atoms with E-state index in [0.29, 0.717) is 17.5 Å². The highest BCUT2D eigenvalue weighted by atomic mass is 32.1. The zero-order chi connectivity index (χ0) is 33.0. The minimum absolute atomic E-state index is 0.628. The monoisotopic (exact) mass is 657 g/mol. The smallest absolute Gasteiger partial charge is 0.164 e. The molecule has 3 heterocycles. The Kier molecular flexibility index (Phi) is 6.60. The van der Waals surface area contributed by atoms with Gasteiger partial charge in [-0.05, 0) is 41.8 Å². The Morgan fingerprint density at radius 3 is 1.74 bits per heavy atom. The van der Waals surface area contributed by atoms with E-state index < -0.39 is 0 Å². The molecule has 0 radical (unpaired) electrons. The minimum Gasteiger partial charge on any atom is -0.309 e. The third-order valence-corrected chi connectivity index (χ3v) is 10.4. The highest BCUT2D eigenvalue weighted by Crippen LogP contribution is 2.38. The first-order valence-corrected chi connectivity index (χ1v) is 17.4. The molecule has 10 aromatic rings. The van der Waals surface area contributed by atoms with E-state index in [1.807, 2.05) is 36.4 Å². The van der Waals surface area contributed by atoms with E-state index in [4.69, 9.17) is 19.9 Å². The molecule has 0 N–H and O–H groups in total. The zero-order valence-corrected chi connectivity index (χ0v) is 27.5. The quantitative estimate of drug-likeness (QED) is 0.185. The van der Waals surface area contributed by atoms with Crippen molar-refractivity contribution in [2.75, 3.05) is 0 Å². The Morgan fingerprint density at radius 2 is 0.980 bits per heavy atom. The molecule has 0 aliphatic heterocycles. The van der Waals surface area contributed by atoms with Crippen LogP contribution in [-0.4, -0.2) is 24.5 Å². The molecule has 10 rings (SSSR count). The average molecular weight is 658 g/mol. The number of hydrogen-bond donors (Lipinski definition) is 0. The van der Waals surface area contributed by atoms with Gasteiger partial charge in [-0.2, -0.15) is 0 Å². The van der Waals surface area contributed by atoms with Crippen LogP contribution in [0.3, 0.4) is 0 Å². The summed E-state index contributed by atoms with van der Waals surface area (Å²) in [7, 11) is 0. The van der Waals surface area contributed by atoms with Crippen molar-refractivity contribution in [3.05, 3.63) is 164 Å². The number of benzene rings is 7. The first kappa shape index (κ1) is 28.5. The van der Waals surface area contributed by atoms with Crippen molar-refractivity contribution in [1.29, 1.82) is 0 Å². The van der Waals surface area contributed by atoms with Gasteiger partial charge in [-0.3, -0.25) is 0 Å². The van der Waals surface area contributed by atoms with Crippen molar-refractivity contribution in [2.24, 2.45) is 0 Å². The van der Waals surface area contributed by atoms with Crippen molar-refractivity contribution in [1.82, 2.24) is 24.5 Å². The second-order valence-corrected chi connectivity index (χ2v) is 13.3. The van der Waals surface area contributed by atoms with E-state index in [2.05, 4.69) is 132 Å². The molecule has 234 valence electrons. The molecule has 0 amide bonds. The van der Waals surface area contributed by atoms with E-state index in [-0.39, 0.29) is 0 Å². The summed E-state index contributed by atoms with van der Waals surface area (Å²) in [6.07, 6.45) is 0. The van der Waals surface area contributed by atoms with Crippen LogP contribution in [0.25, 0.3) is 93.2 Å². The predicted molar refractivity (Wildman–Crippen MR) is 207 cm³/mol. The van der Waals surface area contributed by atoms with Crippen molar-refractivity contribution >= 4 is 54.1 Å². The molecule has 6 heteroatoms. The normalized spacial score (nSPS) is 11.6. The standard InChI is InChI=1S/C44H27N5S/c1-4-12-29(13-5-1)41-46-42(31-21-20-28-23-25-37-40(36(28)26-31)50-44(45-37)30-14-6-2-7-15-30)48-43(47-41)32-22-24-35-34-18-10-11-19-38(34)49(39(35)27-32)33-16-8-3-9-17-33/h1-27H. The maximum Gasteiger partial charge on any atom is 0.164 e. The highest BCUT2D eigenvalue weighted by Gasteiger charge is 2.17. The maximum atomic E-state index is 5.16. The predicted octanol–water partition coefficient (Wildman–Crippen LogP) is 11.4. The summed E-state index contributed by atoms with van der Waals surface area (Å²) in [5, 5.41) is 5.69. The molecule has 0 saturated carbocycles. The third kappa shape index (κ3) is 4.77. The second-order valence-electron chi connectivity index (χ2n) is 12.3. The third-order valence-electron chi connectivity index (χ3n) is 9.26. The van der Waals surface area contributed by atoms with E-state index in [9.17, 15) is 0 Å². The molecule has 0 aliphatic rings. The van der Waals surface area contributed by atoms with Crippen molar-refractivity contribution in [2.45, 2.75) is 0 Å². The van der Waals surface area contributed by atoms with Gasteiger partial charge in [-0.1, -0.05) is 127 Å². The van der Waals surface area contributed by atoms with Crippen LogP contribution in [-0.2, 0) is 0 Å². The first-order chi connectivity index (χ1) is 24.8. The molecular weight excluding hydrogens is 631 g/mol. The molecule has 0 saturated heterocycles. The van der Waals surface area contributed by atoms with Gasteiger partial charge in [0.2, 0.25) is 0 Å². The number of para-hydroxylation sites is 2. The van der Waals surface area contributed by atoms with Crippen molar-refractivity contribution in [3.8, 4) is 50.4 Å². The summed E-state index contributed by atoms with van der Waals surface area (Å²) in [6, 6.07) is 56.8. The molecule has 0 unspecified atom stereocenters. The molecule has 3 aromatic heterocycles. The number of aromatic nitrogens is 5. The highest BCUT2D eigenvalue weighted by molar-refractivity contribution is 7.22.